The molecule has 0 bridgehead atoms. The summed E-state index contributed by atoms with van der Waals surface area (Å²) >= 11 is 6.15. The van der Waals surface area contributed by atoms with Gasteiger partial charge in [0.1, 0.15) is 5.69 Å². The van der Waals surface area contributed by atoms with Gasteiger partial charge in [-0.15, -0.1) is 0 Å². The van der Waals surface area contributed by atoms with E-state index in [2.05, 4.69) is 36.8 Å². The lowest BCUT2D eigenvalue weighted by Gasteiger charge is -2.08. The first kappa shape index (κ1) is 14.5. The van der Waals surface area contributed by atoms with E-state index in [4.69, 9.17) is 4.74 Å². The standard InChI is InChI=1S/C10H9Br2F2NO2/c1-2-17-8(16)4-7-5(11)3-6(12)9(15-7)10(13)14/h3,10H,2,4H2,1H3. The Labute approximate surface area is 114 Å². The number of esters is 1. The number of halogens is 4. The largest absolute Gasteiger partial charge is 0.466 e. The van der Waals surface area contributed by atoms with Crippen LogP contribution in [0.1, 0.15) is 24.7 Å². The van der Waals surface area contributed by atoms with Gasteiger partial charge in [-0.25, -0.2) is 13.8 Å². The topological polar surface area (TPSA) is 39.2 Å². The van der Waals surface area contributed by atoms with Crippen molar-refractivity contribution in [1.29, 1.82) is 0 Å². The van der Waals surface area contributed by atoms with E-state index in [-0.39, 0.29) is 28.9 Å². The summed E-state index contributed by atoms with van der Waals surface area (Å²) in [6.07, 6.45) is -2.83. The molecule has 3 nitrogen and oxygen atoms in total. The minimum atomic E-state index is -2.70. The predicted molar refractivity (Wildman–Crippen MR) is 64.9 cm³/mol. The number of aromatic nitrogens is 1. The Hall–Kier alpha value is -0.560. The fourth-order valence-electron chi connectivity index (χ4n) is 1.15. The maximum absolute atomic E-state index is 12.6. The van der Waals surface area contributed by atoms with Crippen LogP contribution in [0.5, 0.6) is 0 Å². The molecule has 1 aromatic heterocycles. The average molecular weight is 373 g/mol. The summed E-state index contributed by atoms with van der Waals surface area (Å²) in [6.45, 7) is 1.92. The van der Waals surface area contributed by atoms with Gasteiger partial charge in [0.05, 0.1) is 18.7 Å². The van der Waals surface area contributed by atoms with E-state index in [1.54, 1.807) is 6.92 Å². The highest BCUT2D eigenvalue weighted by molar-refractivity contribution is 9.11. The first-order valence-corrected chi connectivity index (χ1v) is 6.32. The highest BCUT2D eigenvalue weighted by Gasteiger charge is 2.18. The maximum Gasteiger partial charge on any atom is 0.311 e. The summed E-state index contributed by atoms with van der Waals surface area (Å²) in [5.74, 6) is -0.497. The zero-order valence-corrected chi connectivity index (χ0v) is 12.0. The van der Waals surface area contributed by atoms with Crippen molar-refractivity contribution in [2.45, 2.75) is 19.8 Å². The molecule has 0 unspecified atom stereocenters. The van der Waals surface area contributed by atoms with Crippen LogP contribution in [-0.2, 0) is 16.0 Å². The fraction of sp³-hybridized carbons (Fsp3) is 0.400. The molecule has 7 heteroatoms. The zero-order valence-electron chi connectivity index (χ0n) is 8.84. The summed E-state index contributed by atoms with van der Waals surface area (Å²) < 4.78 is 30.6. The van der Waals surface area contributed by atoms with E-state index in [1.807, 2.05) is 0 Å². The molecule has 1 rings (SSSR count). The van der Waals surface area contributed by atoms with Gasteiger partial charge in [-0.3, -0.25) is 4.79 Å². The van der Waals surface area contributed by atoms with Crippen LogP contribution in [0.3, 0.4) is 0 Å². The third kappa shape index (κ3) is 3.99. The minimum absolute atomic E-state index is 0.137. The van der Waals surface area contributed by atoms with Crippen LogP contribution in [0.2, 0.25) is 0 Å². The van der Waals surface area contributed by atoms with Crippen LogP contribution in [-0.4, -0.2) is 17.6 Å². The predicted octanol–water partition coefficient (Wildman–Crippen LogP) is 3.65. The zero-order chi connectivity index (χ0) is 13.0. The van der Waals surface area contributed by atoms with Gasteiger partial charge in [0, 0.05) is 8.95 Å². The Morgan fingerprint density at radius 1 is 1.47 bits per heavy atom. The van der Waals surface area contributed by atoms with E-state index in [1.165, 1.54) is 6.07 Å². The monoisotopic (exact) mass is 371 g/mol. The Balaban J connectivity index is 2.99. The number of carbonyl (C=O) groups excluding carboxylic acids is 1. The highest BCUT2D eigenvalue weighted by Crippen LogP contribution is 2.29. The van der Waals surface area contributed by atoms with E-state index in [0.717, 1.165) is 0 Å². The Kier molecular flexibility index (Phi) is 5.45. The van der Waals surface area contributed by atoms with Crippen LogP contribution in [0.25, 0.3) is 0 Å². The molecule has 0 saturated heterocycles. The van der Waals surface area contributed by atoms with Crippen molar-refractivity contribution in [1.82, 2.24) is 4.98 Å². The molecular weight excluding hydrogens is 364 g/mol. The van der Waals surface area contributed by atoms with Crippen molar-refractivity contribution in [3.8, 4) is 0 Å². The van der Waals surface area contributed by atoms with Crippen molar-refractivity contribution >= 4 is 37.8 Å². The summed E-state index contributed by atoms with van der Waals surface area (Å²) in [5.41, 5.74) is -0.144. The molecule has 94 valence electrons. The van der Waals surface area contributed by atoms with Crippen molar-refractivity contribution in [3.63, 3.8) is 0 Å². The lowest BCUT2D eigenvalue weighted by Crippen LogP contribution is -2.10. The molecule has 17 heavy (non-hydrogen) atoms. The van der Waals surface area contributed by atoms with Crippen molar-refractivity contribution in [2.24, 2.45) is 0 Å². The van der Waals surface area contributed by atoms with Gasteiger partial charge in [-0.05, 0) is 44.8 Å². The van der Waals surface area contributed by atoms with E-state index in [0.29, 0.717) is 4.47 Å². The van der Waals surface area contributed by atoms with Gasteiger partial charge in [-0.1, -0.05) is 0 Å². The van der Waals surface area contributed by atoms with Gasteiger partial charge in [0.2, 0.25) is 0 Å². The van der Waals surface area contributed by atoms with E-state index >= 15 is 0 Å². The Morgan fingerprint density at radius 3 is 2.65 bits per heavy atom. The molecular formula is C10H9Br2F2NO2. The average Bonchev–Trinajstić information content (AvgIpc) is 2.21. The molecule has 0 aliphatic heterocycles. The molecule has 0 N–H and O–H groups in total. The molecule has 1 aromatic rings. The number of carbonyl (C=O) groups is 1. The van der Waals surface area contributed by atoms with E-state index < -0.39 is 12.4 Å². The smallest absolute Gasteiger partial charge is 0.311 e. The molecule has 0 fully saturated rings. The molecule has 0 saturated carbocycles. The molecule has 1 heterocycles. The Bertz CT molecular complexity index is 427. The molecule has 0 aliphatic rings. The van der Waals surface area contributed by atoms with Gasteiger partial charge in [0.25, 0.3) is 6.43 Å². The molecule has 0 amide bonds. The first-order chi connectivity index (χ1) is 7.95. The van der Waals surface area contributed by atoms with Gasteiger partial charge in [0.15, 0.2) is 0 Å². The third-order valence-electron chi connectivity index (χ3n) is 1.85. The highest BCUT2D eigenvalue weighted by atomic mass is 79.9. The molecule has 0 atom stereocenters. The van der Waals surface area contributed by atoms with Crippen LogP contribution in [0.4, 0.5) is 8.78 Å². The van der Waals surface area contributed by atoms with Crippen LogP contribution in [0.15, 0.2) is 15.0 Å². The number of pyridine rings is 1. The van der Waals surface area contributed by atoms with Crippen molar-refractivity contribution in [3.05, 3.63) is 26.4 Å². The van der Waals surface area contributed by atoms with Gasteiger partial charge in [-0.2, -0.15) is 0 Å². The molecule has 0 radical (unpaired) electrons. The molecule has 0 aliphatic carbocycles. The van der Waals surface area contributed by atoms with Crippen molar-refractivity contribution in [2.75, 3.05) is 6.61 Å². The van der Waals surface area contributed by atoms with Crippen LogP contribution < -0.4 is 0 Å². The quantitative estimate of drug-likeness (QED) is 0.757. The Morgan fingerprint density at radius 2 is 2.12 bits per heavy atom. The number of hydrogen-bond donors (Lipinski definition) is 0. The van der Waals surface area contributed by atoms with Gasteiger partial charge < -0.3 is 4.74 Å². The summed E-state index contributed by atoms with van der Waals surface area (Å²) in [7, 11) is 0. The number of ether oxygens (including phenoxy) is 1. The second-order valence-corrected chi connectivity index (χ2v) is 4.78. The fourth-order valence-corrected chi connectivity index (χ4v) is 2.40. The molecule has 0 spiro atoms. The third-order valence-corrected chi connectivity index (χ3v) is 3.17. The minimum Gasteiger partial charge on any atom is -0.466 e. The lowest BCUT2D eigenvalue weighted by atomic mass is 10.2. The van der Waals surface area contributed by atoms with Gasteiger partial charge >= 0.3 is 5.97 Å². The lowest BCUT2D eigenvalue weighted by molar-refractivity contribution is -0.142. The number of rotatable bonds is 4. The normalized spacial score (nSPS) is 10.7. The first-order valence-electron chi connectivity index (χ1n) is 4.74. The summed E-state index contributed by atoms with van der Waals surface area (Å²) in [4.78, 5) is 15.0. The second kappa shape index (κ2) is 6.39. The summed E-state index contributed by atoms with van der Waals surface area (Å²) in [5, 5.41) is 0. The summed E-state index contributed by atoms with van der Waals surface area (Å²) in [6, 6.07) is 1.45. The number of alkyl halides is 2. The van der Waals surface area contributed by atoms with E-state index in [9.17, 15) is 13.6 Å². The SMILES string of the molecule is CCOC(=O)Cc1nc(C(F)F)c(Br)cc1Br. The number of nitrogens with zero attached hydrogens (tertiary/aromatic N) is 1. The van der Waals surface area contributed by atoms with Crippen LogP contribution >= 0.6 is 31.9 Å². The maximum atomic E-state index is 12.6. The van der Waals surface area contributed by atoms with Crippen LogP contribution in [0, 0.1) is 0 Å². The number of hydrogen-bond acceptors (Lipinski definition) is 3. The molecule has 0 aromatic carbocycles. The second-order valence-electron chi connectivity index (χ2n) is 3.07. The van der Waals surface area contributed by atoms with Crippen molar-refractivity contribution < 1.29 is 18.3 Å².